The van der Waals surface area contributed by atoms with E-state index in [-0.39, 0.29) is 11.9 Å². The van der Waals surface area contributed by atoms with E-state index in [4.69, 9.17) is 10.5 Å². The van der Waals surface area contributed by atoms with Gasteiger partial charge >= 0.3 is 0 Å². The first-order valence-corrected chi connectivity index (χ1v) is 6.26. The number of hydrogen-bond acceptors (Lipinski definition) is 3. The van der Waals surface area contributed by atoms with Crippen molar-refractivity contribution in [2.75, 3.05) is 20.3 Å². The Morgan fingerprint density at radius 3 is 2.75 bits per heavy atom. The molecule has 1 atom stereocenters. The minimum atomic E-state index is 0.111. The van der Waals surface area contributed by atoms with Crippen LogP contribution in [0.15, 0.2) is 0 Å². The van der Waals surface area contributed by atoms with Gasteiger partial charge in [-0.05, 0) is 25.2 Å². The summed E-state index contributed by atoms with van der Waals surface area (Å²) >= 11 is 0. The zero-order chi connectivity index (χ0) is 11.8. The third kappa shape index (κ3) is 4.49. The number of nitrogens with two attached hydrogens (primary N) is 1. The number of methoxy groups -OCH3 is 1. The molecule has 1 aliphatic carbocycles. The predicted molar refractivity (Wildman–Crippen MR) is 64.1 cm³/mol. The molecule has 4 heteroatoms. The van der Waals surface area contributed by atoms with Gasteiger partial charge in [-0.2, -0.15) is 0 Å². The molecule has 1 unspecified atom stereocenters. The molecule has 0 aromatic rings. The van der Waals surface area contributed by atoms with E-state index < -0.39 is 0 Å². The number of ether oxygens (including phenoxy) is 1. The van der Waals surface area contributed by atoms with Crippen LogP contribution in [0.1, 0.15) is 38.5 Å². The summed E-state index contributed by atoms with van der Waals surface area (Å²) in [4.78, 5) is 11.6. The van der Waals surface area contributed by atoms with Crippen molar-refractivity contribution in [3.63, 3.8) is 0 Å². The van der Waals surface area contributed by atoms with E-state index in [1.54, 1.807) is 7.11 Å². The van der Waals surface area contributed by atoms with Crippen LogP contribution in [0, 0.1) is 5.92 Å². The second-order valence-corrected chi connectivity index (χ2v) is 4.55. The van der Waals surface area contributed by atoms with Crippen molar-refractivity contribution in [1.82, 2.24) is 5.32 Å². The second-order valence-electron chi connectivity index (χ2n) is 4.55. The van der Waals surface area contributed by atoms with Crippen molar-refractivity contribution >= 4 is 5.91 Å². The number of hydrogen-bond donors (Lipinski definition) is 2. The number of rotatable bonds is 7. The van der Waals surface area contributed by atoms with E-state index in [0.717, 1.165) is 6.42 Å². The van der Waals surface area contributed by atoms with Gasteiger partial charge in [0.1, 0.15) is 0 Å². The third-order valence-corrected chi connectivity index (χ3v) is 3.32. The van der Waals surface area contributed by atoms with Crippen LogP contribution in [0.3, 0.4) is 0 Å². The summed E-state index contributed by atoms with van der Waals surface area (Å²) in [5.74, 6) is 0.704. The van der Waals surface area contributed by atoms with E-state index in [1.807, 2.05) is 0 Å². The van der Waals surface area contributed by atoms with E-state index in [9.17, 15) is 4.79 Å². The highest BCUT2D eigenvalue weighted by atomic mass is 16.5. The Kier molecular flexibility index (Phi) is 6.42. The number of nitrogens with one attached hydrogen (secondary N) is 1. The van der Waals surface area contributed by atoms with Crippen LogP contribution in [-0.2, 0) is 9.53 Å². The van der Waals surface area contributed by atoms with Crippen LogP contribution in [0.5, 0.6) is 0 Å². The summed E-state index contributed by atoms with van der Waals surface area (Å²) < 4.78 is 4.92. The first-order chi connectivity index (χ1) is 7.77. The third-order valence-electron chi connectivity index (χ3n) is 3.32. The van der Waals surface area contributed by atoms with Gasteiger partial charge in [-0.1, -0.05) is 12.8 Å². The fraction of sp³-hybridized carbons (Fsp3) is 0.917. The maximum absolute atomic E-state index is 11.6. The van der Waals surface area contributed by atoms with Gasteiger partial charge in [0, 0.05) is 32.7 Å². The average molecular weight is 228 g/mol. The first kappa shape index (κ1) is 13.5. The molecular formula is C12H24N2O2. The maximum Gasteiger partial charge on any atom is 0.220 e. The smallest absolute Gasteiger partial charge is 0.220 e. The molecule has 0 aromatic carbocycles. The fourth-order valence-corrected chi connectivity index (χ4v) is 2.38. The lowest BCUT2D eigenvalue weighted by atomic mass is 9.98. The molecule has 4 nitrogen and oxygen atoms in total. The van der Waals surface area contributed by atoms with Gasteiger partial charge in [-0.25, -0.2) is 0 Å². The summed E-state index contributed by atoms with van der Waals surface area (Å²) in [6.07, 6.45) is 6.29. The Morgan fingerprint density at radius 2 is 2.19 bits per heavy atom. The SMILES string of the molecule is COCCCC(=O)NC(CN)C1CCCC1. The van der Waals surface area contributed by atoms with Crippen molar-refractivity contribution in [3.8, 4) is 0 Å². The van der Waals surface area contributed by atoms with Gasteiger partial charge in [0.2, 0.25) is 5.91 Å². The Labute approximate surface area is 97.9 Å². The van der Waals surface area contributed by atoms with Gasteiger partial charge in [0.05, 0.1) is 0 Å². The van der Waals surface area contributed by atoms with Crippen molar-refractivity contribution in [1.29, 1.82) is 0 Å². The Balaban J connectivity index is 2.23. The Bertz CT molecular complexity index is 203. The zero-order valence-electron chi connectivity index (χ0n) is 10.2. The van der Waals surface area contributed by atoms with Crippen molar-refractivity contribution < 1.29 is 9.53 Å². The summed E-state index contributed by atoms with van der Waals surface area (Å²) in [7, 11) is 1.65. The number of carbonyl (C=O) groups is 1. The van der Waals surface area contributed by atoms with Crippen LogP contribution in [0.2, 0.25) is 0 Å². The fourth-order valence-electron chi connectivity index (χ4n) is 2.38. The lowest BCUT2D eigenvalue weighted by Gasteiger charge is -2.23. The summed E-state index contributed by atoms with van der Waals surface area (Å²) in [5, 5.41) is 3.05. The molecule has 0 radical (unpaired) electrons. The second kappa shape index (κ2) is 7.63. The molecule has 16 heavy (non-hydrogen) atoms. The molecule has 94 valence electrons. The van der Waals surface area contributed by atoms with Gasteiger partial charge in [-0.3, -0.25) is 4.79 Å². The molecule has 0 bridgehead atoms. The minimum Gasteiger partial charge on any atom is -0.385 e. The largest absolute Gasteiger partial charge is 0.385 e. The van der Waals surface area contributed by atoms with E-state index >= 15 is 0 Å². The average Bonchev–Trinajstić information content (AvgIpc) is 2.79. The van der Waals surface area contributed by atoms with Gasteiger partial charge in [-0.15, -0.1) is 0 Å². The maximum atomic E-state index is 11.6. The lowest BCUT2D eigenvalue weighted by Crippen LogP contribution is -2.44. The molecule has 0 aromatic heterocycles. The molecule has 0 spiro atoms. The van der Waals surface area contributed by atoms with Gasteiger partial charge < -0.3 is 15.8 Å². The highest BCUT2D eigenvalue weighted by Crippen LogP contribution is 2.27. The molecule has 0 heterocycles. The van der Waals surface area contributed by atoms with Gasteiger partial charge in [0.25, 0.3) is 0 Å². The molecule has 3 N–H and O–H groups in total. The van der Waals surface area contributed by atoms with Crippen molar-refractivity contribution in [3.05, 3.63) is 0 Å². The molecule has 1 rings (SSSR count). The molecular weight excluding hydrogens is 204 g/mol. The van der Waals surface area contributed by atoms with Crippen LogP contribution in [-0.4, -0.2) is 32.2 Å². The zero-order valence-corrected chi connectivity index (χ0v) is 10.2. The van der Waals surface area contributed by atoms with Gasteiger partial charge in [0.15, 0.2) is 0 Å². The monoisotopic (exact) mass is 228 g/mol. The van der Waals surface area contributed by atoms with E-state index in [2.05, 4.69) is 5.32 Å². The minimum absolute atomic E-state index is 0.111. The van der Waals surface area contributed by atoms with E-state index in [0.29, 0.717) is 25.5 Å². The molecule has 0 aliphatic heterocycles. The molecule has 1 amide bonds. The van der Waals surface area contributed by atoms with Crippen molar-refractivity contribution in [2.24, 2.45) is 11.7 Å². The summed E-state index contributed by atoms with van der Waals surface area (Å²) in [6, 6.07) is 0.178. The normalized spacial score (nSPS) is 18.6. The molecule has 1 aliphatic rings. The lowest BCUT2D eigenvalue weighted by molar-refractivity contribution is -0.122. The standard InChI is InChI=1S/C12H24N2O2/c1-16-8-4-7-12(15)14-11(9-13)10-5-2-3-6-10/h10-11H,2-9,13H2,1H3,(H,14,15). The molecule has 0 saturated heterocycles. The Hall–Kier alpha value is -0.610. The van der Waals surface area contributed by atoms with Crippen LogP contribution >= 0.6 is 0 Å². The number of carbonyl (C=O) groups excluding carboxylic acids is 1. The highest BCUT2D eigenvalue weighted by Gasteiger charge is 2.24. The highest BCUT2D eigenvalue weighted by molar-refractivity contribution is 5.76. The summed E-state index contributed by atoms with van der Waals surface area (Å²) in [6.45, 7) is 1.20. The summed E-state index contributed by atoms with van der Waals surface area (Å²) in [5.41, 5.74) is 5.72. The topological polar surface area (TPSA) is 64.3 Å². The van der Waals surface area contributed by atoms with Crippen molar-refractivity contribution in [2.45, 2.75) is 44.6 Å². The quantitative estimate of drug-likeness (QED) is 0.640. The van der Waals surface area contributed by atoms with Crippen LogP contribution in [0.4, 0.5) is 0 Å². The first-order valence-electron chi connectivity index (χ1n) is 6.26. The molecule has 1 saturated carbocycles. The Morgan fingerprint density at radius 1 is 1.50 bits per heavy atom. The van der Waals surface area contributed by atoms with Crippen LogP contribution < -0.4 is 11.1 Å². The predicted octanol–water partition coefficient (Wildman–Crippen LogP) is 1.05. The molecule has 1 fully saturated rings. The van der Waals surface area contributed by atoms with E-state index in [1.165, 1.54) is 25.7 Å². The van der Waals surface area contributed by atoms with Crippen LogP contribution in [0.25, 0.3) is 0 Å². The number of amides is 1.